The molecule has 4 heterocycles. The van der Waals surface area contributed by atoms with Gasteiger partial charge in [0.1, 0.15) is 13.2 Å². The Morgan fingerprint density at radius 2 is 1.92 bits per heavy atom. The SMILES string of the molecule is COC1CN(c2cnn3c(-c4ccc5c(c4)OCCO5)c(C)nc3c2)C1. The molecular weight excluding hydrogens is 332 g/mol. The van der Waals surface area contributed by atoms with Gasteiger partial charge in [0.25, 0.3) is 0 Å². The number of nitrogens with zero attached hydrogens (tertiary/aromatic N) is 4. The molecule has 0 atom stereocenters. The van der Waals surface area contributed by atoms with Gasteiger partial charge in [0, 0.05) is 31.8 Å². The Morgan fingerprint density at radius 1 is 1.12 bits per heavy atom. The first-order chi connectivity index (χ1) is 12.7. The number of methoxy groups -OCH3 is 1. The van der Waals surface area contributed by atoms with Gasteiger partial charge in [0.05, 0.1) is 29.4 Å². The second-order valence-corrected chi connectivity index (χ2v) is 6.65. The molecule has 0 bridgehead atoms. The van der Waals surface area contributed by atoms with Gasteiger partial charge in [-0.15, -0.1) is 0 Å². The van der Waals surface area contributed by atoms with E-state index in [9.17, 15) is 0 Å². The van der Waals surface area contributed by atoms with Crippen LogP contribution < -0.4 is 14.4 Å². The van der Waals surface area contributed by atoms with Crippen molar-refractivity contribution in [3.05, 3.63) is 36.2 Å². The average molecular weight is 352 g/mol. The van der Waals surface area contributed by atoms with Crippen LogP contribution in [0.3, 0.4) is 0 Å². The molecule has 134 valence electrons. The highest BCUT2D eigenvalue weighted by atomic mass is 16.6. The zero-order valence-corrected chi connectivity index (χ0v) is 14.8. The zero-order valence-electron chi connectivity index (χ0n) is 14.8. The number of ether oxygens (including phenoxy) is 3. The molecule has 0 spiro atoms. The van der Waals surface area contributed by atoms with Gasteiger partial charge in [-0.25, -0.2) is 9.50 Å². The fourth-order valence-electron chi connectivity index (χ4n) is 3.53. The van der Waals surface area contributed by atoms with Crippen LogP contribution in [0.5, 0.6) is 11.5 Å². The molecule has 2 aromatic heterocycles. The van der Waals surface area contributed by atoms with Gasteiger partial charge in [-0.05, 0) is 25.1 Å². The summed E-state index contributed by atoms with van der Waals surface area (Å²) in [6, 6.07) is 8.05. The fourth-order valence-corrected chi connectivity index (χ4v) is 3.53. The normalized spacial score (nSPS) is 16.8. The highest BCUT2D eigenvalue weighted by Gasteiger charge is 2.27. The number of fused-ring (bicyclic) bond motifs is 2. The van der Waals surface area contributed by atoms with Crippen LogP contribution in [-0.4, -0.2) is 54.1 Å². The van der Waals surface area contributed by atoms with Crippen molar-refractivity contribution in [3.63, 3.8) is 0 Å². The summed E-state index contributed by atoms with van der Waals surface area (Å²) in [6.45, 7) is 4.95. The highest BCUT2D eigenvalue weighted by Crippen LogP contribution is 2.36. The predicted octanol–water partition coefficient (Wildman–Crippen LogP) is 2.31. The van der Waals surface area contributed by atoms with Crippen LogP contribution in [0.15, 0.2) is 30.5 Å². The summed E-state index contributed by atoms with van der Waals surface area (Å²) in [6.07, 6.45) is 2.20. The summed E-state index contributed by atoms with van der Waals surface area (Å²) in [7, 11) is 1.75. The van der Waals surface area contributed by atoms with Gasteiger partial charge < -0.3 is 19.1 Å². The summed E-state index contributed by atoms with van der Waals surface area (Å²) >= 11 is 0. The van der Waals surface area contributed by atoms with Gasteiger partial charge in [-0.3, -0.25) is 0 Å². The minimum absolute atomic E-state index is 0.306. The highest BCUT2D eigenvalue weighted by molar-refractivity contribution is 5.71. The minimum atomic E-state index is 0.306. The molecule has 1 aromatic carbocycles. The number of rotatable bonds is 3. The number of anilines is 1. The van der Waals surface area contributed by atoms with E-state index in [1.54, 1.807) is 7.11 Å². The van der Waals surface area contributed by atoms with Crippen molar-refractivity contribution in [2.24, 2.45) is 0 Å². The summed E-state index contributed by atoms with van der Waals surface area (Å²) < 4.78 is 18.6. The Bertz CT molecular complexity index is 978. The lowest BCUT2D eigenvalue weighted by molar-refractivity contribution is 0.0787. The Balaban J connectivity index is 1.53. The van der Waals surface area contributed by atoms with Gasteiger partial charge >= 0.3 is 0 Å². The second kappa shape index (κ2) is 5.88. The molecule has 3 aromatic rings. The number of aromatic nitrogens is 3. The molecule has 0 aliphatic carbocycles. The molecule has 0 radical (unpaired) electrons. The van der Waals surface area contributed by atoms with Crippen molar-refractivity contribution in [2.75, 3.05) is 38.3 Å². The Morgan fingerprint density at radius 3 is 2.73 bits per heavy atom. The molecule has 7 heteroatoms. The monoisotopic (exact) mass is 352 g/mol. The first-order valence-corrected chi connectivity index (χ1v) is 8.76. The lowest BCUT2D eigenvalue weighted by Gasteiger charge is -2.39. The molecule has 0 saturated carbocycles. The number of imidazole rings is 1. The zero-order chi connectivity index (χ0) is 17.7. The molecule has 7 nitrogen and oxygen atoms in total. The van der Waals surface area contributed by atoms with Gasteiger partial charge in [-0.1, -0.05) is 0 Å². The molecule has 2 aliphatic heterocycles. The van der Waals surface area contributed by atoms with Crippen LogP contribution in [0.25, 0.3) is 16.9 Å². The maximum Gasteiger partial charge on any atom is 0.162 e. The minimum Gasteiger partial charge on any atom is -0.486 e. The molecule has 0 unspecified atom stereocenters. The van der Waals surface area contributed by atoms with E-state index in [2.05, 4.69) is 16.1 Å². The average Bonchev–Trinajstić information content (AvgIpc) is 2.95. The molecule has 2 aliphatic rings. The molecular formula is C19H20N4O3. The Hall–Kier alpha value is -2.80. The lowest BCUT2D eigenvalue weighted by atomic mass is 10.1. The summed E-state index contributed by atoms with van der Waals surface area (Å²) in [4.78, 5) is 6.96. The topological polar surface area (TPSA) is 61.1 Å². The van der Waals surface area contributed by atoms with E-state index in [0.717, 1.165) is 52.9 Å². The van der Waals surface area contributed by atoms with Crippen LogP contribution in [0.4, 0.5) is 5.69 Å². The quantitative estimate of drug-likeness (QED) is 0.721. The summed E-state index contributed by atoms with van der Waals surface area (Å²) in [5.74, 6) is 1.55. The van der Waals surface area contributed by atoms with Crippen molar-refractivity contribution in [1.82, 2.24) is 14.6 Å². The molecule has 0 N–H and O–H groups in total. The smallest absolute Gasteiger partial charge is 0.162 e. The molecule has 0 amide bonds. The molecule has 1 fully saturated rings. The second-order valence-electron chi connectivity index (χ2n) is 6.65. The van der Waals surface area contributed by atoms with Crippen LogP contribution in [0.2, 0.25) is 0 Å². The largest absolute Gasteiger partial charge is 0.486 e. The van der Waals surface area contributed by atoms with Crippen molar-refractivity contribution in [2.45, 2.75) is 13.0 Å². The molecule has 26 heavy (non-hydrogen) atoms. The number of aryl methyl sites for hydroxylation is 1. The van der Waals surface area contributed by atoms with Crippen molar-refractivity contribution >= 4 is 11.3 Å². The predicted molar refractivity (Wildman–Crippen MR) is 97.2 cm³/mol. The maximum atomic E-state index is 5.71. The van der Waals surface area contributed by atoms with Crippen molar-refractivity contribution in [1.29, 1.82) is 0 Å². The van der Waals surface area contributed by atoms with E-state index in [0.29, 0.717) is 19.3 Å². The van der Waals surface area contributed by atoms with E-state index < -0.39 is 0 Å². The first kappa shape index (κ1) is 15.5. The first-order valence-electron chi connectivity index (χ1n) is 8.76. The van der Waals surface area contributed by atoms with Crippen LogP contribution in [0, 0.1) is 6.92 Å². The third-order valence-electron chi connectivity index (χ3n) is 5.00. The van der Waals surface area contributed by atoms with E-state index in [1.807, 2.05) is 35.8 Å². The third kappa shape index (κ3) is 2.39. The van der Waals surface area contributed by atoms with Crippen LogP contribution >= 0.6 is 0 Å². The number of benzene rings is 1. The van der Waals surface area contributed by atoms with E-state index in [1.165, 1.54) is 0 Å². The third-order valence-corrected chi connectivity index (χ3v) is 5.00. The van der Waals surface area contributed by atoms with Crippen LogP contribution in [0.1, 0.15) is 5.69 Å². The number of hydrogen-bond donors (Lipinski definition) is 0. The van der Waals surface area contributed by atoms with Gasteiger partial charge in [0.15, 0.2) is 17.1 Å². The Labute approximate surface area is 151 Å². The summed E-state index contributed by atoms with van der Waals surface area (Å²) in [5.41, 5.74) is 4.84. The van der Waals surface area contributed by atoms with E-state index >= 15 is 0 Å². The molecule has 1 saturated heterocycles. The number of hydrogen-bond acceptors (Lipinski definition) is 6. The van der Waals surface area contributed by atoms with E-state index in [-0.39, 0.29) is 0 Å². The van der Waals surface area contributed by atoms with Gasteiger partial charge in [0.2, 0.25) is 0 Å². The van der Waals surface area contributed by atoms with Crippen molar-refractivity contribution in [3.8, 4) is 22.8 Å². The van der Waals surface area contributed by atoms with Crippen molar-refractivity contribution < 1.29 is 14.2 Å². The van der Waals surface area contributed by atoms with Crippen LogP contribution in [-0.2, 0) is 4.74 Å². The Kier molecular flexibility index (Phi) is 3.49. The lowest BCUT2D eigenvalue weighted by Crippen LogP contribution is -2.51. The van der Waals surface area contributed by atoms with E-state index in [4.69, 9.17) is 19.2 Å². The van der Waals surface area contributed by atoms with Gasteiger partial charge in [-0.2, -0.15) is 5.10 Å². The standard InChI is InChI=1S/C19H20N4O3/c1-12-19(13-3-4-16-17(7-13)26-6-5-25-16)23-18(21-12)8-14(9-20-23)22-10-15(11-22)24-2/h3-4,7-9,15H,5-6,10-11H2,1-2H3. The summed E-state index contributed by atoms with van der Waals surface area (Å²) in [5, 5.41) is 4.64. The fraction of sp³-hybridized carbons (Fsp3) is 0.368. The maximum absolute atomic E-state index is 5.71. The molecule has 5 rings (SSSR count).